The molecule has 0 saturated heterocycles. The summed E-state index contributed by atoms with van der Waals surface area (Å²) in [6.07, 6.45) is 7.23. The first kappa shape index (κ1) is 11.1. The lowest BCUT2D eigenvalue weighted by molar-refractivity contribution is 0.218. The molecular formula is C14H16BrNO. The van der Waals surface area contributed by atoms with E-state index in [9.17, 15) is 0 Å². The molecule has 2 nitrogen and oxygen atoms in total. The minimum absolute atomic E-state index is 0.595. The molecule has 0 amide bonds. The second kappa shape index (κ2) is 4.37. The highest BCUT2D eigenvalue weighted by molar-refractivity contribution is 9.10. The van der Waals surface area contributed by atoms with Crippen molar-refractivity contribution in [2.24, 2.45) is 11.8 Å². The minimum Gasteiger partial charge on any atom is -0.497 e. The zero-order valence-corrected chi connectivity index (χ0v) is 11.4. The fraction of sp³-hybridized carbons (Fsp3) is 0.429. The van der Waals surface area contributed by atoms with E-state index in [4.69, 9.17) is 4.74 Å². The van der Waals surface area contributed by atoms with E-state index in [1.807, 2.05) is 6.07 Å². The Hall–Kier alpha value is -0.960. The van der Waals surface area contributed by atoms with E-state index in [0.717, 1.165) is 27.7 Å². The zero-order chi connectivity index (χ0) is 11.8. The smallest absolute Gasteiger partial charge is 0.122 e. The molecule has 0 bridgehead atoms. The van der Waals surface area contributed by atoms with Crippen molar-refractivity contribution in [2.75, 3.05) is 12.4 Å². The molecule has 1 fully saturated rings. The van der Waals surface area contributed by atoms with E-state index in [1.54, 1.807) is 7.11 Å². The number of allylic oxidation sites excluding steroid dienone is 1. The molecular weight excluding hydrogens is 278 g/mol. The van der Waals surface area contributed by atoms with E-state index < -0.39 is 0 Å². The second-order valence-electron chi connectivity index (χ2n) is 4.87. The van der Waals surface area contributed by atoms with Crippen molar-refractivity contribution in [3.63, 3.8) is 0 Å². The quantitative estimate of drug-likeness (QED) is 0.855. The molecule has 1 aromatic rings. The molecule has 1 saturated carbocycles. The van der Waals surface area contributed by atoms with Crippen LogP contribution in [-0.4, -0.2) is 13.2 Å². The number of methoxy groups -OCH3 is 1. The summed E-state index contributed by atoms with van der Waals surface area (Å²) in [4.78, 5) is 0. The Bertz CT molecular complexity index is 458. The molecule has 3 rings (SSSR count). The van der Waals surface area contributed by atoms with Crippen molar-refractivity contribution in [3.05, 3.63) is 34.8 Å². The summed E-state index contributed by atoms with van der Waals surface area (Å²) in [6.45, 7) is 0. The fourth-order valence-corrected chi connectivity index (χ4v) is 3.33. The van der Waals surface area contributed by atoms with Gasteiger partial charge in [0.25, 0.3) is 0 Å². The van der Waals surface area contributed by atoms with Gasteiger partial charge in [-0.15, -0.1) is 0 Å². The third-order valence-corrected chi connectivity index (χ3v) is 4.28. The molecule has 0 aliphatic heterocycles. The largest absolute Gasteiger partial charge is 0.497 e. The summed E-state index contributed by atoms with van der Waals surface area (Å²) in [5, 5.41) is 3.60. The molecule has 90 valence electrons. The lowest BCUT2D eigenvalue weighted by atomic mass is 9.71. The van der Waals surface area contributed by atoms with Crippen LogP contribution >= 0.6 is 15.9 Å². The fourth-order valence-electron chi connectivity index (χ4n) is 2.86. The Morgan fingerprint density at radius 1 is 1.35 bits per heavy atom. The third kappa shape index (κ3) is 2.08. The Balaban J connectivity index is 1.72. The highest BCUT2D eigenvalue weighted by Gasteiger charge is 2.40. The third-order valence-electron chi connectivity index (χ3n) is 3.82. The number of nitrogens with one attached hydrogen (secondary N) is 1. The van der Waals surface area contributed by atoms with Crippen LogP contribution in [0.2, 0.25) is 0 Å². The van der Waals surface area contributed by atoms with Crippen LogP contribution in [0.4, 0.5) is 5.69 Å². The monoisotopic (exact) mass is 293 g/mol. The normalized spacial score (nSPS) is 29.6. The van der Waals surface area contributed by atoms with Gasteiger partial charge in [0.15, 0.2) is 0 Å². The molecule has 0 heterocycles. The van der Waals surface area contributed by atoms with Crippen LogP contribution in [0.15, 0.2) is 34.8 Å². The first-order valence-corrected chi connectivity index (χ1v) is 6.83. The van der Waals surface area contributed by atoms with Gasteiger partial charge in [0, 0.05) is 28.2 Å². The molecule has 0 aromatic heterocycles. The van der Waals surface area contributed by atoms with Gasteiger partial charge >= 0.3 is 0 Å². The minimum atomic E-state index is 0.595. The number of ether oxygens (including phenoxy) is 1. The Labute approximate surface area is 110 Å². The topological polar surface area (TPSA) is 21.3 Å². The standard InChI is InChI=1S/C14H16BrNO/c1-17-12-7-10(15)6-11(8-12)16-14-5-9-3-2-4-13(9)14/h2,4,6-9,13-14,16H,3,5H2,1H3. The summed E-state index contributed by atoms with van der Waals surface area (Å²) < 4.78 is 6.32. The van der Waals surface area contributed by atoms with Crippen molar-refractivity contribution in [2.45, 2.75) is 18.9 Å². The van der Waals surface area contributed by atoms with E-state index in [-0.39, 0.29) is 0 Å². The van der Waals surface area contributed by atoms with Gasteiger partial charge in [-0.1, -0.05) is 28.1 Å². The average Bonchev–Trinajstić information content (AvgIpc) is 2.67. The van der Waals surface area contributed by atoms with Gasteiger partial charge in [-0.2, -0.15) is 0 Å². The van der Waals surface area contributed by atoms with Crippen LogP contribution in [0.5, 0.6) is 5.75 Å². The zero-order valence-electron chi connectivity index (χ0n) is 9.82. The summed E-state index contributed by atoms with van der Waals surface area (Å²) in [7, 11) is 1.70. The predicted molar refractivity (Wildman–Crippen MR) is 73.5 cm³/mol. The van der Waals surface area contributed by atoms with Gasteiger partial charge in [0.2, 0.25) is 0 Å². The molecule has 1 N–H and O–H groups in total. The first-order chi connectivity index (χ1) is 8.26. The van der Waals surface area contributed by atoms with Gasteiger partial charge in [0.1, 0.15) is 5.75 Å². The van der Waals surface area contributed by atoms with Crippen LogP contribution in [0.3, 0.4) is 0 Å². The molecule has 0 radical (unpaired) electrons. The van der Waals surface area contributed by atoms with E-state index >= 15 is 0 Å². The maximum atomic E-state index is 5.27. The van der Waals surface area contributed by atoms with Crippen LogP contribution < -0.4 is 10.1 Å². The molecule has 0 spiro atoms. The van der Waals surface area contributed by atoms with Gasteiger partial charge in [-0.3, -0.25) is 0 Å². The Morgan fingerprint density at radius 2 is 2.24 bits per heavy atom. The number of rotatable bonds is 3. The average molecular weight is 294 g/mol. The van der Waals surface area contributed by atoms with Gasteiger partial charge in [0.05, 0.1) is 7.11 Å². The van der Waals surface area contributed by atoms with Crippen LogP contribution in [0.25, 0.3) is 0 Å². The van der Waals surface area contributed by atoms with E-state index in [1.165, 1.54) is 12.8 Å². The van der Waals surface area contributed by atoms with Crippen molar-refractivity contribution in [3.8, 4) is 5.75 Å². The number of hydrogen-bond donors (Lipinski definition) is 1. The number of benzene rings is 1. The molecule has 3 unspecified atom stereocenters. The van der Waals surface area contributed by atoms with Gasteiger partial charge < -0.3 is 10.1 Å². The highest BCUT2D eigenvalue weighted by atomic mass is 79.9. The Morgan fingerprint density at radius 3 is 3.00 bits per heavy atom. The maximum absolute atomic E-state index is 5.27. The van der Waals surface area contributed by atoms with Crippen LogP contribution in [0, 0.1) is 11.8 Å². The SMILES string of the molecule is COc1cc(Br)cc(NC2CC3CC=CC32)c1. The second-order valence-corrected chi connectivity index (χ2v) is 5.78. The number of anilines is 1. The van der Waals surface area contributed by atoms with Gasteiger partial charge in [-0.25, -0.2) is 0 Å². The molecule has 3 heteroatoms. The molecule has 17 heavy (non-hydrogen) atoms. The summed E-state index contributed by atoms with van der Waals surface area (Å²) in [6, 6.07) is 6.73. The summed E-state index contributed by atoms with van der Waals surface area (Å²) >= 11 is 3.51. The molecule has 3 atom stereocenters. The Kier molecular flexibility index (Phi) is 2.87. The van der Waals surface area contributed by atoms with Crippen LogP contribution in [-0.2, 0) is 0 Å². The van der Waals surface area contributed by atoms with Crippen molar-refractivity contribution in [1.29, 1.82) is 0 Å². The van der Waals surface area contributed by atoms with Gasteiger partial charge in [-0.05, 0) is 30.9 Å². The van der Waals surface area contributed by atoms with E-state index in [2.05, 4.69) is 45.5 Å². The lowest BCUT2D eigenvalue weighted by Crippen LogP contribution is -2.43. The first-order valence-electron chi connectivity index (χ1n) is 6.04. The van der Waals surface area contributed by atoms with Crippen molar-refractivity contribution in [1.82, 2.24) is 0 Å². The summed E-state index contributed by atoms with van der Waals surface area (Å²) in [5.41, 5.74) is 1.14. The van der Waals surface area contributed by atoms with Crippen LogP contribution in [0.1, 0.15) is 12.8 Å². The van der Waals surface area contributed by atoms with Crippen molar-refractivity contribution >= 4 is 21.6 Å². The predicted octanol–water partition coefficient (Wildman–Crippen LogP) is 3.83. The highest BCUT2D eigenvalue weighted by Crippen LogP contribution is 2.44. The molecule has 1 aromatic carbocycles. The molecule has 2 aliphatic carbocycles. The molecule has 2 aliphatic rings. The van der Waals surface area contributed by atoms with Crippen molar-refractivity contribution < 1.29 is 4.74 Å². The summed E-state index contributed by atoms with van der Waals surface area (Å²) in [5.74, 6) is 2.52. The number of fused-ring (bicyclic) bond motifs is 1. The lowest BCUT2D eigenvalue weighted by Gasteiger charge is -2.41. The van der Waals surface area contributed by atoms with E-state index in [0.29, 0.717) is 6.04 Å². The number of halogens is 1. The maximum Gasteiger partial charge on any atom is 0.122 e. The number of hydrogen-bond acceptors (Lipinski definition) is 2.